The average Bonchev–Trinajstić information content (AvgIpc) is 2.37. The molecule has 0 saturated heterocycles. The Morgan fingerprint density at radius 1 is 1.44 bits per heavy atom. The number of halogens is 1. The summed E-state index contributed by atoms with van der Waals surface area (Å²) in [6.45, 7) is 0. The lowest BCUT2D eigenvalue weighted by Crippen LogP contribution is -2.18. The molecule has 6 nitrogen and oxygen atoms in total. The second kappa shape index (κ2) is 6.44. The van der Waals surface area contributed by atoms with E-state index >= 15 is 0 Å². The molecule has 2 N–H and O–H groups in total. The predicted octanol–water partition coefficient (Wildman–Crippen LogP) is 1.43. The summed E-state index contributed by atoms with van der Waals surface area (Å²) in [4.78, 5) is 20.6. The number of nitro benzene ring substituents is 1. The van der Waals surface area contributed by atoms with E-state index in [4.69, 9.17) is 11.6 Å². The normalized spacial score (nSPS) is 13.9. The van der Waals surface area contributed by atoms with Crippen molar-refractivity contribution in [2.24, 2.45) is 0 Å². The maximum absolute atomic E-state index is 10.7. The summed E-state index contributed by atoms with van der Waals surface area (Å²) in [6, 6.07) is 3.67. The SMILES string of the molecule is O=Cc1ccc(C(O)C(O)CCCl)cc1[N+](=O)[O-]. The van der Waals surface area contributed by atoms with Gasteiger partial charge in [-0.15, -0.1) is 11.6 Å². The highest BCUT2D eigenvalue weighted by Crippen LogP contribution is 2.25. The zero-order valence-electron chi connectivity index (χ0n) is 9.32. The third kappa shape index (κ3) is 3.25. The van der Waals surface area contributed by atoms with Crippen LogP contribution in [0.25, 0.3) is 0 Å². The van der Waals surface area contributed by atoms with Crippen molar-refractivity contribution in [2.45, 2.75) is 18.6 Å². The molecule has 0 aliphatic rings. The fourth-order valence-corrected chi connectivity index (χ4v) is 1.72. The Balaban J connectivity index is 3.07. The Labute approximate surface area is 108 Å². The van der Waals surface area contributed by atoms with E-state index in [-0.39, 0.29) is 23.4 Å². The molecule has 0 radical (unpaired) electrons. The van der Waals surface area contributed by atoms with Crippen LogP contribution in [0.2, 0.25) is 0 Å². The molecule has 0 spiro atoms. The Morgan fingerprint density at radius 3 is 2.61 bits per heavy atom. The lowest BCUT2D eigenvalue weighted by atomic mass is 10.0. The van der Waals surface area contributed by atoms with Crippen LogP contribution < -0.4 is 0 Å². The topological polar surface area (TPSA) is 101 Å². The number of benzene rings is 1. The first kappa shape index (κ1) is 14.6. The molecule has 0 fully saturated rings. The van der Waals surface area contributed by atoms with Crippen molar-refractivity contribution in [3.63, 3.8) is 0 Å². The van der Waals surface area contributed by atoms with Gasteiger partial charge in [-0.3, -0.25) is 14.9 Å². The van der Waals surface area contributed by atoms with Crippen LogP contribution >= 0.6 is 11.6 Å². The highest BCUT2D eigenvalue weighted by molar-refractivity contribution is 6.17. The van der Waals surface area contributed by atoms with Crippen LogP contribution in [0.4, 0.5) is 5.69 Å². The Morgan fingerprint density at radius 2 is 2.11 bits per heavy atom. The van der Waals surface area contributed by atoms with Gasteiger partial charge in [0.25, 0.3) is 5.69 Å². The fraction of sp³-hybridized carbons (Fsp3) is 0.364. The quantitative estimate of drug-likeness (QED) is 0.353. The second-order valence-corrected chi connectivity index (χ2v) is 4.06. The molecule has 1 rings (SSSR count). The lowest BCUT2D eigenvalue weighted by molar-refractivity contribution is -0.385. The molecule has 0 aliphatic carbocycles. The highest BCUT2D eigenvalue weighted by atomic mass is 35.5. The number of aliphatic hydroxyl groups excluding tert-OH is 2. The fourth-order valence-electron chi connectivity index (χ4n) is 1.49. The third-order valence-corrected chi connectivity index (χ3v) is 2.71. The van der Waals surface area contributed by atoms with Crippen molar-refractivity contribution in [2.75, 3.05) is 5.88 Å². The maximum Gasteiger partial charge on any atom is 0.280 e. The van der Waals surface area contributed by atoms with Gasteiger partial charge in [-0.2, -0.15) is 0 Å². The lowest BCUT2D eigenvalue weighted by Gasteiger charge is -2.17. The predicted molar refractivity (Wildman–Crippen MR) is 64.8 cm³/mol. The van der Waals surface area contributed by atoms with E-state index in [1.165, 1.54) is 12.1 Å². The molecule has 0 heterocycles. The monoisotopic (exact) mass is 273 g/mol. The molecule has 2 atom stereocenters. The van der Waals surface area contributed by atoms with E-state index < -0.39 is 22.8 Å². The van der Waals surface area contributed by atoms with Crippen molar-refractivity contribution in [1.82, 2.24) is 0 Å². The largest absolute Gasteiger partial charge is 0.390 e. The van der Waals surface area contributed by atoms with Gasteiger partial charge < -0.3 is 10.2 Å². The van der Waals surface area contributed by atoms with Gasteiger partial charge in [0.05, 0.1) is 16.6 Å². The van der Waals surface area contributed by atoms with E-state index in [2.05, 4.69) is 0 Å². The second-order valence-electron chi connectivity index (χ2n) is 3.68. The maximum atomic E-state index is 10.7. The molecule has 0 aromatic heterocycles. The number of alkyl halides is 1. The van der Waals surface area contributed by atoms with Gasteiger partial charge in [0.15, 0.2) is 6.29 Å². The molecule has 0 saturated carbocycles. The van der Waals surface area contributed by atoms with Crippen LogP contribution in [-0.4, -0.2) is 33.4 Å². The van der Waals surface area contributed by atoms with Crippen molar-refractivity contribution >= 4 is 23.6 Å². The van der Waals surface area contributed by atoms with Gasteiger partial charge in [-0.1, -0.05) is 6.07 Å². The summed E-state index contributed by atoms with van der Waals surface area (Å²) in [7, 11) is 0. The van der Waals surface area contributed by atoms with Crippen LogP contribution in [0.15, 0.2) is 18.2 Å². The summed E-state index contributed by atoms with van der Waals surface area (Å²) in [5.74, 6) is 0.159. The number of rotatable bonds is 6. The van der Waals surface area contributed by atoms with E-state index in [0.717, 1.165) is 6.07 Å². The van der Waals surface area contributed by atoms with Crippen LogP contribution in [0.1, 0.15) is 28.4 Å². The molecular formula is C11H12ClNO5. The van der Waals surface area contributed by atoms with Crippen LogP contribution in [-0.2, 0) is 0 Å². The van der Waals surface area contributed by atoms with Crippen molar-refractivity contribution in [1.29, 1.82) is 0 Å². The Hall–Kier alpha value is -1.50. The number of nitro groups is 1. The number of hydrogen-bond acceptors (Lipinski definition) is 5. The average molecular weight is 274 g/mol. The Kier molecular flexibility index (Phi) is 5.21. The zero-order chi connectivity index (χ0) is 13.7. The summed E-state index contributed by atoms with van der Waals surface area (Å²) in [6.07, 6.45) is -1.86. The van der Waals surface area contributed by atoms with Gasteiger partial charge >= 0.3 is 0 Å². The van der Waals surface area contributed by atoms with Gasteiger partial charge in [-0.05, 0) is 18.1 Å². The number of carbonyl (C=O) groups is 1. The number of hydrogen-bond donors (Lipinski definition) is 2. The van der Waals surface area contributed by atoms with E-state index in [1.54, 1.807) is 0 Å². The molecular weight excluding hydrogens is 262 g/mol. The first-order valence-corrected chi connectivity index (χ1v) is 5.70. The van der Waals surface area contributed by atoms with Crippen molar-refractivity contribution in [3.05, 3.63) is 39.4 Å². The van der Waals surface area contributed by atoms with Crippen LogP contribution in [0.3, 0.4) is 0 Å². The number of carbonyl (C=O) groups excluding carboxylic acids is 1. The number of aldehydes is 1. The molecule has 0 aliphatic heterocycles. The van der Waals surface area contributed by atoms with E-state index in [9.17, 15) is 25.1 Å². The highest BCUT2D eigenvalue weighted by Gasteiger charge is 2.22. The van der Waals surface area contributed by atoms with Gasteiger partial charge in [0, 0.05) is 11.9 Å². The summed E-state index contributed by atoms with van der Waals surface area (Å²) >= 11 is 5.43. The van der Waals surface area contributed by atoms with Gasteiger partial charge in [0.2, 0.25) is 0 Å². The molecule has 0 bridgehead atoms. The summed E-state index contributed by atoms with van der Waals surface area (Å²) in [5, 5.41) is 30.1. The van der Waals surface area contributed by atoms with Gasteiger partial charge in [-0.25, -0.2) is 0 Å². The smallest absolute Gasteiger partial charge is 0.280 e. The zero-order valence-corrected chi connectivity index (χ0v) is 10.1. The van der Waals surface area contributed by atoms with Crippen LogP contribution in [0, 0.1) is 10.1 Å². The first-order chi connectivity index (χ1) is 8.51. The summed E-state index contributed by atoms with van der Waals surface area (Å²) < 4.78 is 0. The standard InChI is InChI=1S/C11H12ClNO5/c12-4-3-10(15)11(16)7-1-2-8(6-14)9(5-7)13(17)18/h1-2,5-6,10-11,15-16H,3-4H2. The molecule has 1 aromatic carbocycles. The number of nitrogens with zero attached hydrogens (tertiary/aromatic N) is 1. The Bertz CT molecular complexity index is 451. The summed E-state index contributed by atoms with van der Waals surface area (Å²) in [5.41, 5.74) is -0.313. The minimum Gasteiger partial charge on any atom is -0.390 e. The molecule has 98 valence electrons. The molecule has 1 aromatic rings. The number of aliphatic hydroxyl groups is 2. The van der Waals surface area contributed by atoms with Crippen LogP contribution in [0.5, 0.6) is 0 Å². The molecule has 18 heavy (non-hydrogen) atoms. The van der Waals surface area contributed by atoms with E-state index in [0.29, 0.717) is 6.29 Å². The molecule has 7 heteroatoms. The molecule has 0 amide bonds. The van der Waals surface area contributed by atoms with Gasteiger partial charge in [0.1, 0.15) is 6.10 Å². The third-order valence-electron chi connectivity index (χ3n) is 2.49. The van der Waals surface area contributed by atoms with E-state index in [1.807, 2.05) is 0 Å². The minimum absolute atomic E-state index is 0.0808. The molecule has 2 unspecified atom stereocenters. The minimum atomic E-state index is -1.27. The first-order valence-electron chi connectivity index (χ1n) is 5.17. The van der Waals surface area contributed by atoms with Crippen molar-refractivity contribution < 1.29 is 19.9 Å². The van der Waals surface area contributed by atoms with Crippen molar-refractivity contribution in [3.8, 4) is 0 Å².